The molecule has 1 N–H and O–H groups in total. The molecule has 0 aliphatic rings. The number of rotatable bonds is 4. The molecule has 0 aromatic heterocycles. The lowest BCUT2D eigenvalue weighted by atomic mass is 9.87. The lowest BCUT2D eigenvalue weighted by Gasteiger charge is -2.30. The van der Waals surface area contributed by atoms with E-state index in [4.69, 9.17) is 0 Å². The topological polar surface area (TPSA) is 12.0 Å². The molecule has 0 aromatic rings. The molecule has 0 heterocycles. The second-order valence-corrected chi connectivity index (χ2v) is 6.60. The van der Waals surface area contributed by atoms with Crippen molar-refractivity contribution in [1.82, 2.24) is 5.32 Å². The van der Waals surface area contributed by atoms with Crippen LogP contribution in [0.2, 0.25) is 0 Å². The van der Waals surface area contributed by atoms with Crippen LogP contribution in [0.1, 0.15) is 67.7 Å². The fourth-order valence-electron chi connectivity index (χ4n) is 1.60. The summed E-state index contributed by atoms with van der Waals surface area (Å²) in [6, 6.07) is 0.675. The first kappa shape index (κ1) is 14.0. The highest BCUT2D eigenvalue weighted by Gasteiger charge is 2.18. The third-order valence-electron chi connectivity index (χ3n) is 2.37. The average Bonchev–Trinajstić information content (AvgIpc) is 1.94. The van der Waals surface area contributed by atoms with Gasteiger partial charge >= 0.3 is 0 Å². The molecule has 0 aromatic carbocycles. The van der Waals surface area contributed by atoms with Gasteiger partial charge in [-0.15, -0.1) is 0 Å². The van der Waals surface area contributed by atoms with Crippen LogP contribution in [0.3, 0.4) is 0 Å². The van der Waals surface area contributed by atoms with Crippen molar-refractivity contribution < 1.29 is 0 Å². The van der Waals surface area contributed by atoms with E-state index in [1.807, 2.05) is 0 Å². The lowest BCUT2D eigenvalue weighted by Crippen LogP contribution is -2.43. The van der Waals surface area contributed by atoms with Gasteiger partial charge in [-0.2, -0.15) is 0 Å². The average molecular weight is 199 g/mol. The highest BCUT2D eigenvalue weighted by molar-refractivity contribution is 4.78. The Morgan fingerprint density at radius 3 is 1.79 bits per heavy atom. The Kier molecular flexibility index (Phi) is 5.14. The molecular formula is C13H29N. The van der Waals surface area contributed by atoms with E-state index >= 15 is 0 Å². The first-order valence-corrected chi connectivity index (χ1v) is 5.92. The maximum absolute atomic E-state index is 3.68. The van der Waals surface area contributed by atoms with Crippen molar-refractivity contribution in [3.05, 3.63) is 0 Å². The predicted molar refractivity (Wildman–Crippen MR) is 65.7 cm³/mol. The molecule has 0 aliphatic heterocycles. The summed E-state index contributed by atoms with van der Waals surface area (Å²) < 4.78 is 0. The van der Waals surface area contributed by atoms with Crippen molar-refractivity contribution >= 4 is 0 Å². The number of hydrogen-bond acceptors (Lipinski definition) is 1. The van der Waals surface area contributed by atoms with Crippen LogP contribution in [-0.2, 0) is 0 Å². The van der Waals surface area contributed by atoms with Crippen molar-refractivity contribution in [2.75, 3.05) is 0 Å². The molecule has 1 heteroatoms. The smallest absolute Gasteiger partial charge is 0.00990 e. The van der Waals surface area contributed by atoms with Gasteiger partial charge in [0.2, 0.25) is 0 Å². The fourth-order valence-corrected chi connectivity index (χ4v) is 1.60. The van der Waals surface area contributed by atoms with E-state index in [1.165, 1.54) is 19.3 Å². The van der Waals surface area contributed by atoms with Crippen molar-refractivity contribution in [2.24, 2.45) is 5.41 Å². The molecule has 0 unspecified atom stereocenters. The fraction of sp³-hybridized carbons (Fsp3) is 1.00. The third-order valence-corrected chi connectivity index (χ3v) is 2.37. The van der Waals surface area contributed by atoms with Gasteiger partial charge in [0.1, 0.15) is 0 Å². The summed E-state index contributed by atoms with van der Waals surface area (Å²) in [6.45, 7) is 15.9. The maximum Gasteiger partial charge on any atom is 0.00990 e. The Morgan fingerprint density at radius 1 is 1.00 bits per heavy atom. The van der Waals surface area contributed by atoms with Crippen LogP contribution in [0.25, 0.3) is 0 Å². The molecule has 0 spiro atoms. The Balaban J connectivity index is 3.93. The van der Waals surface area contributed by atoms with E-state index in [2.05, 4.69) is 53.8 Å². The van der Waals surface area contributed by atoms with Gasteiger partial charge in [0.15, 0.2) is 0 Å². The molecule has 1 nitrogen and oxygen atoms in total. The summed E-state index contributed by atoms with van der Waals surface area (Å²) in [6.07, 6.45) is 3.82. The highest BCUT2D eigenvalue weighted by Crippen LogP contribution is 2.22. The van der Waals surface area contributed by atoms with E-state index in [-0.39, 0.29) is 5.54 Å². The molecule has 0 amide bonds. The monoisotopic (exact) mass is 199 g/mol. The second kappa shape index (κ2) is 5.16. The van der Waals surface area contributed by atoms with Crippen molar-refractivity contribution in [3.63, 3.8) is 0 Å². The highest BCUT2D eigenvalue weighted by atomic mass is 15.0. The van der Waals surface area contributed by atoms with Crippen molar-refractivity contribution in [2.45, 2.75) is 79.3 Å². The van der Waals surface area contributed by atoms with Gasteiger partial charge in [-0.1, -0.05) is 27.7 Å². The molecule has 14 heavy (non-hydrogen) atoms. The maximum atomic E-state index is 3.68. The lowest BCUT2D eigenvalue weighted by molar-refractivity contribution is 0.287. The Hall–Kier alpha value is -0.0400. The predicted octanol–water partition coefficient (Wildman–Crippen LogP) is 3.98. The minimum absolute atomic E-state index is 0.249. The zero-order valence-electron chi connectivity index (χ0n) is 11.2. The molecular weight excluding hydrogens is 170 g/mol. The molecule has 86 valence electrons. The molecule has 0 bridgehead atoms. The summed E-state index contributed by atoms with van der Waals surface area (Å²) in [5.74, 6) is 0. The van der Waals surface area contributed by atoms with E-state index in [0.717, 1.165) is 0 Å². The standard InChI is InChI=1S/C13H29N/c1-8-11(14-13(5,6)7)9-10-12(2,3)4/h11,14H,8-10H2,1-7H3/t11-/m0/s1. The van der Waals surface area contributed by atoms with Gasteiger partial charge < -0.3 is 5.32 Å². The Labute approximate surface area is 90.7 Å². The SMILES string of the molecule is CC[C@@H](CCC(C)(C)C)NC(C)(C)C. The molecule has 0 fully saturated rings. The number of nitrogens with one attached hydrogen (secondary N) is 1. The Bertz CT molecular complexity index is 148. The van der Waals surface area contributed by atoms with Gasteiger partial charge in [0.05, 0.1) is 0 Å². The zero-order valence-corrected chi connectivity index (χ0v) is 11.2. The normalized spacial score (nSPS) is 15.6. The zero-order chi connectivity index (χ0) is 11.4. The van der Waals surface area contributed by atoms with Crippen LogP contribution in [0.15, 0.2) is 0 Å². The molecule has 0 saturated heterocycles. The molecule has 0 radical (unpaired) electrons. The van der Waals surface area contributed by atoms with E-state index in [9.17, 15) is 0 Å². The van der Waals surface area contributed by atoms with Gasteiger partial charge in [-0.3, -0.25) is 0 Å². The minimum atomic E-state index is 0.249. The second-order valence-electron chi connectivity index (χ2n) is 6.60. The van der Waals surface area contributed by atoms with Crippen LogP contribution in [0.5, 0.6) is 0 Å². The number of hydrogen-bond donors (Lipinski definition) is 1. The van der Waals surface area contributed by atoms with Gasteiger partial charge in [0, 0.05) is 11.6 Å². The molecule has 0 aliphatic carbocycles. The summed E-state index contributed by atoms with van der Waals surface area (Å²) in [5.41, 5.74) is 0.714. The summed E-state index contributed by atoms with van der Waals surface area (Å²) >= 11 is 0. The van der Waals surface area contributed by atoms with Crippen LogP contribution >= 0.6 is 0 Å². The molecule has 0 rings (SSSR count). The summed E-state index contributed by atoms with van der Waals surface area (Å²) in [5, 5.41) is 3.68. The van der Waals surface area contributed by atoms with Crippen LogP contribution in [0, 0.1) is 5.41 Å². The van der Waals surface area contributed by atoms with Crippen molar-refractivity contribution in [3.8, 4) is 0 Å². The third kappa shape index (κ3) is 8.55. The first-order chi connectivity index (χ1) is 6.14. The van der Waals surface area contributed by atoms with Crippen LogP contribution in [-0.4, -0.2) is 11.6 Å². The van der Waals surface area contributed by atoms with E-state index in [1.54, 1.807) is 0 Å². The quantitative estimate of drug-likeness (QED) is 0.722. The van der Waals surface area contributed by atoms with Crippen LogP contribution < -0.4 is 5.32 Å². The first-order valence-electron chi connectivity index (χ1n) is 5.92. The van der Waals surface area contributed by atoms with Gasteiger partial charge in [0.25, 0.3) is 0 Å². The summed E-state index contributed by atoms with van der Waals surface area (Å²) in [4.78, 5) is 0. The largest absolute Gasteiger partial charge is 0.309 e. The molecule has 0 saturated carbocycles. The van der Waals surface area contributed by atoms with Crippen molar-refractivity contribution in [1.29, 1.82) is 0 Å². The summed E-state index contributed by atoms with van der Waals surface area (Å²) in [7, 11) is 0. The van der Waals surface area contributed by atoms with Gasteiger partial charge in [-0.25, -0.2) is 0 Å². The molecule has 1 atom stereocenters. The minimum Gasteiger partial charge on any atom is -0.309 e. The van der Waals surface area contributed by atoms with E-state index < -0.39 is 0 Å². The van der Waals surface area contributed by atoms with Gasteiger partial charge in [-0.05, 0) is 45.4 Å². The van der Waals surface area contributed by atoms with E-state index in [0.29, 0.717) is 11.5 Å². The van der Waals surface area contributed by atoms with Crippen LogP contribution in [0.4, 0.5) is 0 Å². The Morgan fingerprint density at radius 2 is 1.50 bits per heavy atom.